The Kier molecular flexibility index (Phi) is 4.02. The highest BCUT2D eigenvalue weighted by Gasteiger charge is 2.22. The van der Waals surface area contributed by atoms with Crippen molar-refractivity contribution >= 4 is 39.0 Å². The number of anilines is 2. The lowest BCUT2D eigenvalue weighted by atomic mass is 10.0. The fourth-order valence-corrected chi connectivity index (χ4v) is 4.39. The second-order valence-electron chi connectivity index (χ2n) is 6.71. The Balaban J connectivity index is 1.55. The first kappa shape index (κ1) is 16.8. The first-order valence-corrected chi connectivity index (χ1v) is 9.93. The molecule has 28 heavy (non-hydrogen) atoms. The van der Waals surface area contributed by atoms with Crippen molar-refractivity contribution in [1.29, 1.82) is 0 Å². The van der Waals surface area contributed by atoms with Gasteiger partial charge in [0.05, 0.1) is 33.3 Å². The van der Waals surface area contributed by atoms with E-state index in [1.165, 1.54) is 0 Å². The zero-order chi connectivity index (χ0) is 19.1. The largest absolute Gasteiger partial charge is 0.383 e. The number of aromatic nitrogens is 3. The number of pyridine rings is 2. The van der Waals surface area contributed by atoms with Gasteiger partial charge >= 0.3 is 0 Å². The first-order chi connectivity index (χ1) is 13.7. The summed E-state index contributed by atoms with van der Waals surface area (Å²) in [6.45, 7) is 0.748. The van der Waals surface area contributed by atoms with E-state index in [1.54, 1.807) is 28.6 Å². The van der Waals surface area contributed by atoms with Crippen molar-refractivity contribution in [3.05, 3.63) is 54.3 Å². The van der Waals surface area contributed by atoms with Crippen LogP contribution in [-0.2, 0) is 4.79 Å². The van der Waals surface area contributed by atoms with Gasteiger partial charge in [-0.1, -0.05) is 12.1 Å². The predicted molar refractivity (Wildman–Crippen MR) is 112 cm³/mol. The molecule has 6 nitrogen and oxygen atoms in total. The summed E-state index contributed by atoms with van der Waals surface area (Å²) in [5, 5.41) is 0. The van der Waals surface area contributed by atoms with Crippen molar-refractivity contribution in [3.8, 4) is 22.4 Å². The van der Waals surface area contributed by atoms with E-state index in [1.807, 2.05) is 35.8 Å². The van der Waals surface area contributed by atoms with Gasteiger partial charge in [-0.2, -0.15) is 0 Å². The first-order valence-electron chi connectivity index (χ1n) is 9.05. The van der Waals surface area contributed by atoms with Crippen LogP contribution >= 0.6 is 11.3 Å². The smallest absolute Gasteiger partial charge is 0.227 e. The third-order valence-corrected chi connectivity index (χ3v) is 5.87. The molecule has 1 fully saturated rings. The summed E-state index contributed by atoms with van der Waals surface area (Å²) in [6, 6.07) is 11.9. The number of carbonyl (C=O) groups is 1. The van der Waals surface area contributed by atoms with Crippen LogP contribution in [0.3, 0.4) is 0 Å². The molecule has 5 rings (SSSR count). The average molecular weight is 387 g/mol. The van der Waals surface area contributed by atoms with Crippen LogP contribution < -0.4 is 10.6 Å². The van der Waals surface area contributed by atoms with Crippen molar-refractivity contribution in [3.63, 3.8) is 0 Å². The van der Waals surface area contributed by atoms with Crippen molar-refractivity contribution in [2.45, 2.75) is 12.8 Å². The van der Waals surface area contributed by atoms with E-state index in [0.29, 0.717) is 12.2 Å². The maximum Gasteiger partial charge on any atom is 0.227 e. The van der Waals surface area contributed by atoms with Gasteiger partial charge < -0.3 is 10.6 Å². The van der Waals surface area contributed by atoms with Crippen LogP contribution in [0.5, 0.6) is 0 Å². The maximum atomic E-state index is 11.9. The molecule has 1 aromatic carbocycles. The summed E-state index contributed by atoms with van der Waals surface area (Å²) < 4.78 is 1.12. The third kappa shape index (κ3) is 2.80. The standard InChI is InChI=1S/C21H17N5OS/c22-21-16(17-7-6-14(11-23-17)26-8-2-5-19(26)27)9-13(10-24-21)15-3-1-4-18-20(15)28-12-25-18/h1,3-4,6-7,9-12H,2,5,8H2,(H2,22,24). The molecular formula is C21H17N5OS. The summed E-state index contributed by atoms with van der Waals surface area (Å²) in [4.78, 5) is 27.0. The number of nitrogen functional groups attached to an aromatic ring is 1. The van der Waals surface area contributed by atoms with Crippen molar-refractivity contribution in [1.82, 2.24) is 15.0 Å². The minimum atomic E-state index is 0.148. The summed E-state index contributed by atoms with van der Waals surface area (Å²) in [5.41, 5.74) is 13.3. The van der Waals surface area contributed by atoms with Gasteiger partial charge in [0.2, 0.25) is 5.91 Å². The lowest BCUT2D eigenvalue weighted by Gasteiger charge is -2.15. The quantitative estimate of drug-likeness (QED) is 0.571. The van der Waals surface area contributed by atoms with Crippen molar-refractivity contribution < 1.29 is 4.79 Å². The number of rotatable bonds is 3. The number of hydrogen-bond acceptors (Lipinski definition) is 6. The van der Waals surface area contributed by atoms with E-state index in [-0.39, 0.29) is 5.91 Å². The maximum absolute atomic E-state index is 11.9. The van der Waals surface area contributed by atoms with Crippen LogP contribution in [0.15, 0.2) is 54.3 Å². The predicted octanol–water partition coefficient (Wildman–Crippen LogP) is 4.13. The molecule has 1 aliphatic rings. The highest BCUT2D eigenvalue weighted by Crippen LogP contribution is 2.34. The molecule has 7 heteroatoms. The van der Waals surface area contributed by atoms with Gasteiger partial charge in [-0.25, -0.2) is 9.97 Å². The monoisotopic (exact) mass is 387 g/mol. The number of carbonyl (C=O) groups excluding carboxylic acids is 1. The molecule has 0 unspecified atom stereocenters. The van der Waals surface area contributed by atoms with Crippen LogP contribution in [0.25, 0.3) is 32.6 Å². The molecule has 3 aromatic heterocycles. The van der Waals surface area contributed by atoms with Gasteiger partial charge in [-0.3, -0.25) is 9.78 Å². The summed E-state index contributed by atoms with van der Waals surface area (Å²) >= 11 is 1.61. The Labute approximate surface area is 165 Å². The summed E-state index contributed by atoms with van der Waals surface area (Å²) in [7, 11) is 0. The second-order valence-corrected chi connectivity index (χ2v) is 7.57. The molecule has 138 valence electrons. The molecule has 2 N–H and O–H groups in total. The van der Waals surface area contributed by atoms with E-state index in [0.717, 1.165) is 51.3 Å². The molecule has 1 aliphatic heterocycles. The minimum Gasteiger partial charge on any atom is -0.383 e. The topological polar surface area (TPSA) is 85.0 Å². The fourth-order valence-electron chi connectivity index (χ4n) is 3.57. The van der Waals surface area contributed by atoms with Gasteiger partial charge in [0.1, 0.15) is 5.82 Å². The molecule has 0 saturated carbocycles. The van der Waals surface area contributed by atoms with E-state index in [2.05, 4.69) is 21.0 Å². The Hall–Kier alpha value is -3.32. The Morgan fingerprint density at radius 1 is 1.04 bits per heavy atom. The van der Waals surface area contributed by atoms with Crippen LogP contribution in [0.1, 0.15) is 12.8 Å². The molecule has 0 atom stereocenters. The van der Waals surface area contributed by atoms with E-state index >= 15 is 0 Å². The zero-order valence-electron chi connectivity index (χ0n) is 15.0. The molecular weight excluding hydrogens is 370 g/mol. The molecule has 1 saturated heterocycles. The van der Waals surface area contributed by atoms with E-state index in [9.17, 15) is 4.79 Å². The molecule has 0 aliphatic carbocycles. The van der Waals surface area contributed by atoms with Gasteiger partial charge in [0, 0.05) is 35.9 Å². The Bertz CT molecular complexity index is 1190. The molecule has 0 bridgehead atoms. The van der Waals surface area contributed by atoms with E-state index < -0.39 is 0 Å². The summed E-state index contributed by atoms with van der Waals surface area (Å²) in [6.07, 6.45) is 5.01. The lowest BCUT2D eigenvalue weighted by Crippen LogP contribution is -2.23. The normalized spacial score (nSPS) is 14.1. The summed E-state index contributed by atoms with van der Waals surface area (Å²) in [5.74, 6) is 0.577. The Morgan fingerprint density at radius 3 is 2.75 bits per heavy atom. The van der Waals surface area contributed by atoms with Gasteiger partial charge in [0.15, 0.2) is 0 Å². The SMILES string of the molecule is Nc1ncc(-c2cccc3ncsc23)cc1-c1ccc(N2CCCC2=O)cn1. The lowest BCUT2D eigenvalue weighted by molar-refractivity contribution is -0.117. The number of benzene rings is 1. The highest BCUT2D eigenvalue weighted by atomic mass is 32.1. The highest BCUT2D eigenvalue weighted by molar-refractivity contribution is 7.17. The van der Waals surface area contributed by atoms with Gasteiger partial charge in [0.25, 0.3) is 0 Å². The second kappa shape index (κ2) is 6.69. The van der Waals surface area contributed by atoms with Crippen LogP contribution in [0.2, 0.25) is 0 Å². The van der Waals surface area contributed by atoms with Crippen molar-refractivity contribution in [2.75, 3.05) is 17.2 Å². The van der Waals surface area contributed by atoms with Crippen LogP contribution in [0.4, 0.5) is 11.5 Å². The zero-order valence-corrected chi connectivity index (χ0v) is 15.8. The number of nitrogens with two attached hydrogens (primary N) is 1. The van der Waals surface area contributed by atoms with Crippen LogP contribution in [0, 0.1) is 0 Å². The molecule has 0 spiro atoms. The number of amides is 1. The fraction of sp³-hybridized carbons (Fsp3) is 0.143. The number of nitrogens with zero attached hydrogens (tertiary/aromatic N) is 4. The number of hydrogen-bond donors (Lipinski definition) is 1. The minimum absolute atomic E-state index is 0.148. The average Bonchev–Trinajstić information content (AvgIpc) is 3.37. The van der Waals surface area contributed by atoms with Gasteiger partial charge in [-0.15, -0.1) is 11.3 Å². The van der Waals surface area contributed by atoms with Crippen LogP contribution in [-0.4, -0.2) is 27.4 Å². The third-order valence-electron chi connectivity index (χ3n) is 5.00. The molecule has 1 amide bonds. The molecule has 4 heterocycles. The van der Waals surface area contributed by atoms with Gasteiger partial charge in [-0.05, 0) is 30.7 Å². The molecule has 4 aromatic rings. The van der Waals surface area contributed by atoms with Crippen molar-refractivity contribution in [2.24, 2.45) is 0 Å². The Morgan fingerprint density at radius 2 is 1.96 bits per heavy atom. The number of fused-ring (bicyclic) bond motifs is 1. The van der Waals surface area contributed by atoms with E-state index in [4.69, 9.17) is 5.73 Å². The molecule has 0 radical (unpaired) electrons. The number of thiazole rings is 1.